The molecule has 0 spiro atoms. The van der Waals surface area contributed by atoms with Crippen molar-refractivity contribution in [1.82, 2.24) is 10.4 Å². The summed E-state index contributed by atoms with van der Waals surface area (Å²) in [5.41, 5.74) is 3.12. The zero-order valence-electron chi connectivity index (χ0n) is 5.85. The SMILES string of the molecule is CCN1NCC=C1OC. The Morgan fingerprint density at radius 1 is 1.89 bits per heavy atom. The number of hydrogen-bond donors (Lipinski definition) is 1. The van der Waals surface area contributed by atoms with Gasteiger partial charge < -0.3 is 4.74 Å². The number of ether oxygens (including phenoxy) is 1. The lowest BCUT2D eigenvalue weighted by molar-refractivity contribution is 0.139. The Kier molecular flexibility index (Phi) is 1.95. The van der Waals surface area contributed by atoms with E-state index >= 15 is 0 Å². The molecule has 0 aromatic rings. The average Bonchev–Trinajstić information content (AvgIpc) is 2.33. The Morgan fingerprint density at radius 2 is 2.67 bits per heavy atom. The minimum Gasteiger partial charge on any atom is -0.482 e. The van der Waals surface area contributed by atoms with Gasteiger partial charge in [-0.2, -0.15) is 0 Å². The highest BCUT2D eigenvalue weighted by molar-refractivity contribution is 4.97. The molecule has 0 aromatic heterocycles. The molecule has 0 atom stereocenters. The van der Waals surface area contributed by atoms with Gasteiger partial charge in [0.05, 0.1) is 7.11 Å². The van der Waals surface area contributed by atoms with Gasteiger partial charge in [0.25, 0.3) is 0 Å². The van der Waals surface area contributed by atoms with Crippen LogP contribution in [-0.2, 0) is 4.74 Å². The first kappa shape index (κ1) is 6.42. The summed E-state index contributed by atoms with van der Waals surface area (Å²) in [7, 11) is 1.68. The van der Waals surface area contributed by atoms with Gasteiger partial charge in [-0.1, -0.05) is 0 Å². The van der Waals surface area contributed by atoms with Gasteiger partial charge in [-0.15, -0.1) is 0 Å². The molecule has 0 radical (unpaired) electrons. The van der Waals surface area contributed by atoms with Crippen LogP contribution in [0.3, 0.4) is 0 Å². The average molecular weight is 128 g/mol. The van der Waals surface area contributed by atoms with Crippen LogP contribution in [-0.4, -0.2) is 25.2 Å². The second-order valence-electron chi connectivity index (χ2n) is 1.85. The van der Waals surface area contributed by atoms with Crippen LogP contribution in [0.25, 0.3) is 0 Å². The first-order valence-electron chi connectivity index (χ1n) is 3.13. The van der Waals surface area contributed by atoms with E-state index in [-0.39, 0.29) is 0 Å². The van der Waals surface area contributed by atoms with E-state index in [1.807, 2.05) is 11.1 Å². The van der Waals surface area contributed by atoms with Crippen LogP contribution < -0.4 is 5.43 Å². The molecule has 0 unspecified atom stereocenters. The fourth-order valence-corrected chi connectivity index (χ4v) is 0.892. The fourth-order valence-electron chi connectivity index (χ4n) is 0.892. The van der Waals surface area contributed by atoms with E-state index in [0.29, 0.717) is 0 Å². The van der Waals surface area contributed by atoms with Crippen molar-refractivity contribution in [2.45, 2.75) is 6.92 Å². The largest absolute Gasteiger partial charge is 0.482 e. The molecule has 1 aliphatic rings. The van der Waals surface area contributed by atoms with Crippen LogP contribution >= 0.6 is 0 Å². The molecular weight excluding hydrogens is 116 g/mol. The lowest BCUT2D eigenvalue weighted by Gasteiger charge is -2.17. The molecule has 0 aromatic carbocycles. The molecule has 9 heavy (non-hydrogen) atoms. The quantitative estimate of drug-likeness (QED) is 0.579. The Morgan fingerprint density at radius 3 is 3.11 bits per heavy atom. The van der Waals surface area contributed by atoms with Gasteiger partial charge in [-0.25, -0.2) is 5.43 Å². The molecule has 0 aliphatic carbocycles. The Bertz CT molecular complexity index is 122. The van der Waals surface area contributed by atoms with E-state index in [4.69, 9.17) is 4.74 Å². The van der Waals surface area contributed by atoms with E-state index in [0.717, 1.165) is 19.0 Å². The highest BCUT2D eigenvalue weighted by atomic mass is 16.5. The van der Waals surface area contributed by atoms with Crippen LogP contribution in [0.2, 0.25) is 0 Å². The van der Waals surface area contributed by atoms with E-state index in [9.17, 15) is 0 Å². The second-order valence-corrected chi connectivity index (χ2v) is 1.85. The lowest BCUT2D eigenvalue weighted by atomic mass is 10.6. The molecule has 3 nitrogen and oxygen atoms in total. The number of hydrogen-bond acceptors (Lipinski definition) is 3. The summed E-state index contributed by atoms with van der Waals surface area (Å²) in [4.78, 5) is 0. The number of rotatable bonds is 2. The molecule has 1 heterocycles. The third-order valence-electron chi connectivity index (χ3n) is 1.35. The first-order chi connectivity index (χ1) is 4.38. The summed E-state index contributed by atoms with van der Waals surface area (Å²) >= 11 is 0. The molecular formula is C6H12N2O. The Balaban J connectivity index is 2.47. The predicted octanol–water partition coefficient (Wildman–Crippen LogP) is 0.314. The number of nitrogens with one attached hydrogen (secondary N) is 1. The predicted molar refractivity (Wildman–Crippen MR) is 35.5 cm³/mol. The summed E-state index contributed by atoms with van der Waals surface area (Å²) in [6.07, 6.45) is 2.02. The number of methoxy groups -OCH3 is 1. The van der Waals surface area contributed by atoms with Crippen molar-refractivity contribution in [2.75, 3.05) is 20.2 Å². The van der Waals surface area contributed by atoms with Gasteiger partial charge in [0, 0.05) is 13.1 Å². The van der Waals surface area contributed by atoms with Gasteiger partial charge in [0.1, 0.15) is 0 Å². The van der Waals surface area contributed by atoms with Crippen LogP contribution in [0.5, 0.6) is 0 Å². The summed E-state index contributed by atoms with van der Waals surface area (Å²) in [6, 6.07) is 0. The van der Waals surface area contributed by atoms with Crippen molar-refractivity contribution in [3.63, 3.8) is 0 Å². The molecule has 0 saturated heterocycles. The van der Waals surface area contributed by atoms with Gasteiger partial charge in [0.2, 0.25) is 5.88 Å². The lowest BCUT2D eigenvalue weighted by Crippen LogP contribution is -2.31. The third-order valence-corrected chi connectivity index (χ3v) is 1.35. The molecule has 1 rings (SSSR count). The van der Waals surface area contributed by atoms with Crippen molar-refractivity contribution in [2.24, 2.45) is 0 Å². The van der Waals surface area contributed by atoms with Crippen molar-refractivity contribution >= 4 is 0 Å². The summed E-state index contributed by atoms with van der Waals surface area (Å²) in [6.45, 7) is 3.90. The minimum absolute atomic E-state index is 0.886. The van der Waals surface area contributed by atoms with Gasteiger partial charge in [0.15, 0.2) is 0 Å². The summed E-state index contributed by atoms with van der Waals surface area (Å²) < 4.78 is 5.04. The van der Waals surface area contributed by atoms with Crippen LogP contribution in [0.1, 0.15) is 6.92 Å². The Labute approximate surface area is 55.3 Å². The molecule has 0 saturated carbocycles. The summed E-state index contributed by atoms with van der Waals surface area (Å²) in [5, 5.41) is 1.97. The normalized spacial score (nSPS) is 18.0. The van der Waals surface area contributed by atoms with Crippen molar-refractivity contribution in [3.8, 4) is 0 Å². The highest BCUT2D eigenvalue weighted by Crippen LogP contribution is 2.05. The molecule has 0 bridgehead atoms. The van der Waals surface area contributed by atoms with Crippen LogP contribution in [0, 0.1) is 0 Å². The topological polar surface area (TPSA) is 24.5 Å². The molecule has 3 heteroatoms. The third kappa shape index (κ3) is 1.16. The summed E-state index contributed by atoms with van der Waals surface area (Å²) in [5.74, 6) is 0.928. The minimum atomic E-state index is 0.886. The van der Waals surface area contributed by atoms with Crippen molar-refractivity contribution in [1.29, 1.82) is 0 Å². The second kappa shape index (κ2) is 2.73. The maximum atomic E-state index is 5.04. The van der Waals surface area contributed by atoms with E-state index in [1.54, 1.807) is 7.11 Å². The highest BCUT2D eigenvalue weighted by Gasteiger charge is 2.10. The van der Waals surface area contributed by atoms with E-state index < -0.39 is 0 Å². The Hall–Kier alpha value is -0.700. The maximum Gasteiger partial charge on any atom is 0.200 e. The van der Waals surface area contributed by atoms with E-state index in [1.165, 1.54) is 0 Å². The fraction of sp³-hybridized carbons (Fsp3) is 0.667. The van der Waals surface area contributed by atoms with Crippen molar-refractivity contribution in [3.05, 3.63) is 12.0 Å². The molecule has 1 aliphatic heterocycles. The van der Waals surface area contributed by atoms with Crippen LogP contribution in [0.4, 0.5) is 0 Å². The van der Waals surface area contributed by atoms with Gasteiger partial charge in [-0.3, -0.25) is 5.01 Å². The standard InChI is InChI=1S/C6H12N2O/c1-3-8-6(9-2)4-5-7-8/h4,7H,3,5H2,1-2H3. The zero-order valence-corrected chi connectivity index (χ0v) is 5.85. The monoisotopic (exact) mass is 128 g/mol. The molecule has 1 N–H and O–H groups in total. The van der Waals surface area contributed by atoms with Gasteiger partial charge >= 0.3 is 0 Å². The first-order valence-corrected chi connectivity index (χ1v) is 3.13. The molecule has 52 valence electrons. The van der Waals surface area contributed by atoms with Gasteiger partial charge in [-0.05, 0) is 13.0 Å². The molecule has 0 amide bonds. The smallest absolute Gasteiger partial charge is 0.200 e. The van der Waals surface area contributed by atoms with Crippen LogP contribution in [0.15, 0.2) is 12.0 Å². The maximum absolute atomic E-state index is 5.04. The molecule has 0 fully saturated rings. The van der Waals surface area contributed by atoms with E-state index in [2.05, 4.69) is 12.3 Å². The number of hydrazine groups is 1. The van der Waals surface area contributed by atoms with Crippen molar-refractivity contribution < 1.29 is 4.74 Å². The number of nitrogens with zero attached hydrogens (tertiary/aromatic N) is 1. The zero-order chi connectivity index (χ0) is 6.69.